The first kappa shape index (κ1) is 25.6. The maximum absolute atomic E-state index is 13.2. The molecule has 196 valence electrons. The van der Waals surface area contributed by atoms with Crippen LogP contribution in [0.5, 0.6) is 0 Å². The van der Waals surface area contributed by atoms with E-state index in [1.54, 1.807) is 12.3 Å². The molecular formula is C28H30ClF3N4O. The highest BCUT2D eigenvalue weighted by atomic mass is 35.5. The number of carbonyl (C=O) groups is 1. The molecule has 0 bridgehead atoms. The van der Waals surface area contributed by atoms with Crippen molar-refractivity contribution in [1.29, 1.82) is 0 Å². The van der Waals surface area contributed by atoms with Crippen LogP contribution in [0.15, 0.2) is 54.7 Å². The molecule has 1 saturated heterocycles. The fraction of sp³-hybridized carbons (Fsp3) is 0.429. The third-order valence-electron chi connectivity index (χ3n) is 7.63. The maximum atomic E-state index is 13.2. The lowest BCUT2D eigenvalue weighted by molar-refractivity contribution is -0.138. The Morgan fingerprint density at radius 2 is 1.68 bits per heavy atom. The largest absolute Gasteiger partial charge is 0.416 e. The fourth-order valence-electron chi connectivity index (χ4n) is 5.44. The van der Waals surface area contributed by atoms with Crippen molar-refractivity contribution in [1.82, 2.24) is 9.88 Å². The van der Waals surface area contributed by atoms with Crippen molar-refractivity contribution < 1.29 is 18.0 Å². The number of anilines is 2. The van der Waals surface area contributed by atoms with Crippen molar-refractivity contribution in [3.63, 3.8) is 0 Å². The molecule has 0 unspecified atom stereocenters. The summed E-state index contributed by atoms with van der Waals surface area (Å²) >= 11 is 5.99. The summed E-state index contributed by atoms with van der Waals surface area (Å²) in [5.41, 5.74) is 1.64. The topological polar surface area (TPSA) is 48.5 Å². The van der Waals surface area contributed by atoms with Gasteiger partial charge in [0.25, 0.3) is 0 Å². The fourth-order valence-corrected chi connectivity index (χ4v) is 5.57. The molecule has 2 aromatic carbocycles. The van der Waals surface area contributed by atoms with Gasteiger partial charge in [-0.1, -0.05) is 11.6 Å². The van der Waals surface area contributed by atoms with Gasteiger partial charge < -0.3 is 15.1 Å². The number of pyridine rings is 1. The number of carbonyl (C=O) groups excluding carboxylic acids is 1. The van der Waals surface area contributed by atoms with Crippen LogP contribution in [-0.2, 0) is 11.0 Å². The first-order valence-electron chi connectivity index (χ1n) is 12.8. The monoisotopic (exact) mass is 530 g/mol. The lowest BCUT2D eigenvalue weighted by Gasteiger charge is -2.39. The molecular weight excluding hydrogens is 501 g/mol. The first-order chi connectivity index (χ1) is 17.8. The lowest BCUT2D eigenvalue weighted by Crippen LogP contribution is -2.50. The smallest absolute Gasteiger partial charge is 0.384 e. The predicted octanol–water partition coefficient (Wildman–Crippen LogP) is 6.47. The number of hydrogen-bond donors (Lipinski definition) is 1. The average molecular weight is 531 g/mol. The maximum Gasteiger partial charge on any atom is 0.416 e. The summed E-state index contributed by atoms with van der Waals surface area (Å²) in [7, 11) is 0. The quantitative estimate of drug-likeness (QED) is 0.410. The minimum atomic E-state index is -4.39. The van der Waals surface area contributed by atoms with Gasteiger partial charge in [-0.15, -0.1) is 0 Å². The summed E-state index contributed by atoms with van der Waals surface area (Å²) in [5.74, 6) is 0.677. The van der Waals surface area contributed by atoms with Gasteiger partial charge in [0.1, 0.15) is 0 Å². The van der Waals surface area contributed by atoms with Gasteiger partial charge in [-0.25, -0.2) is 0 Å². The van der Waals surface area contributed by atoms with Crippen LogP contribution >= 0.6 is 11.6 Å². The van der Waals surface area contributed by atoms with E-state index in [2.05, 4.69) is 15.2 Å². The summed E-state index contributed by atoms with van der Waals surface area (Å²) in [6.45, 7) is 3.72. The van der Waals surface area contributed by atoms with E-state index in [4.69, 9.17) is 11.6 Å². The van der Waals surface area contributed by atoms with Gasteiger partial charge in [0, 0.05) is 66.6 Å². The number of hydrogen-bond acceptors (Lipinski definition) is 4. The zero-order chi connectivity index (χ0) is 26.0. The Balaban J connectivity index is 1.11. The van der Waals surface area contributed by atoms with Gasteiger partial charge in [-0.05, 0) is 80.1 Å². The average Bonchev–Trinajstić information content (AvgIpc) is 2.91. The van der Waals surface area contributed by atoms with Crippen LogP contribution in [0.4, 0.5) is 24.5 Å². The van der Waals surface area contributed by atoms with Crippen LogP contribution < -0.4 is 10.2 Å². The molecule has 0 atom stereocenters. The molecule has 1 amide bonds. The van der Waals surface area contributed by atoms with E-state index in [0.717, 1.165) is 69.7 Å². The number of nitrogens with one attached hydrogen (secondary N) is 1. The Hall–Kier alpha value is -3.00. The van der Waals surface area contributed by atoms with Gasteiger partial charge in [0.05, 0.1) is 11.1 Å². The van der Waals surface area contributed by atoms with Crippen LogP contribution in [0.1, 0.15) is 31.2 Å². The molecule has 2 fully saturated rings. The van der Waals surface area contributed by atoms with Crippen molar-refractivity contribution in [3.8, 4) is 0 Å². The minimum absolute atomic E-state index is 0.0504. The van der Waals surface area contributed by atoms with Gasteiger partial charge in [-0.3, -0.25) is 9.78 Å². The highest BCUT2D eigenvalue weighted by Crippen LogP contribution is 2.34. The molecule has 37 heavy (non-hydrogen) atoms. The third-order valence-corrected chi connectivity index (χ3v) is 7.88. The number of fused-ring (bicyclic) bond motifs is 1. The predicted molar refractivity (Wildman–Crippen MR) is 141 cm³/mol. The van der Waals surface area contributed by atoms with E-state index in [9.17, 15) is 18.0 Å². The van der Waals surface area contributed by atoms with Crippen LogP contribution in [0.25, 0.3) is 10.9 Å². The number of alkyl halides is 3. The number of rotatable bonds is 5. The van der Waals surface area contributed by atoms with Crippen LogP contribution in [0.2, 0.25) is 5.02 Å². The van der Waals surface area contributed by atoms with Crippen molar-refractivity contribution in [3.05, 3.63) is 65.3 Å². The summed E-state index contributed by atoms with van der Waals surface area (Å²) in [4.78, 5) is 21.6. The number of aromatic nitrogens is 1. The molecule has 9 heteroatoms. The number of nitrogens with zero attached hydrogens (tertiary/aromatic N) is 3. The van der Waals surface area contributed by atoms with E-state index in [1.807, 2.05) is 29.2 Å². The molecule has 1 aliphatic heterocycles. The number of amides is 1. The van der Waals surface area contributed by atoms with E-state index in [-0.39, 0.29) is 11.8 Å². The van der Waals surface area contributed by atoms with E-state index in [1.165, 1.54) is 6.07 Å². The molecule has 1 N–H and O–H groups in total. The SMILES string of the molecule is O=C(C1CCC(CNc2ccnc3ccc(C(F)(F)F)cc23)CC1)N1CCN(c2ccc(Cl)cc2)CC1. The zero-order valence-electron chi connectivity index (χ0n) is 20.5. The molecule has 5 nitrogen and oxygen atoms in total. The van der Waals surface area contributed by atoms with Crippen LogP contribution in [0, 0.1) is 11.8 Å². The summed E-state index contributed by atoms with van der Waals surface area (Å²) in [5, 5.41) is 4.54. The molecule has 0 spiro atoms. The molecule has 1 aromatic heterocycles. The Labute approximate surface area is 219 Å². The second kappa shape index (κ2) is 10.8. The molecule has 1 saturated carbocycles. The Morgan fingerprint density at radius 3 is 2.35 bits per heavy atom. The van der Waals surface area contributed by atoms with Crippen molar-refractivity contribution >= 4 is 39.8 Å². The second-order valence-corrected chi connectivity index (χ2v) is 10.4. The zero-order valence-corrected chi connectivity index (χ0v) is 21.2. The standard InChI is InChI=1S/C28H30ClF3N4O/c29-22-6-8-23(9-7-22)35-13-15-36(16-14-35)27(37)20-3-1-19(2-4-20)18-34-26-11-12-33-25-10-5-21(17-24(25)26)28(30,31)32/h5-12,17,19-20H,1-4,13-16,18H2,(H,33,34). The third kappa shape index (κ3) is 5.95. The molecule has 5 rings (SSSR count). The summed E-state index contributed by atoms with van der Waals surface area (Å²) in [6, 6.07) is 13.2. The van der Waals surface area contributed by atoms with E-state index < -0.39 is 11.7 Å². The van der Waals surface area contributed by atoms with Crippen molar-refractivity contribution in [2.75, 3.05) is 42.9 Å². The second-order valence-electron chi connectivity index (χ2n) is 9.98. The number of halogens is 4. The molecule has 2 heterocycles. The normalized spacial score (nSPS) is 20.8. The first-order valence-corrected chi connectivity index (χ1v) is 13.1. The highest BCUT2D eigenvalue weighted by Gasteiger charge is 2.32. The lowest BCUT2D eigenvalue weighted by atomic mass is 9.81. The van der Waals surface area contributed by atoms with Crippen molar-refractivity contribution in [2.45, 2.75) is 31.9 Å². The van der Waals surface area contributed by atoms with Gasteiger partial charge in [0.15, 0.2) is 0 Å². The van der Waals surface area contributed by atoms with Gasteiger partial charge >= 0.3 is 6.18 Å². The van der Waals surface area contributed by atoms with Crippen LogP contribution in [0.3, 0.4) is 0 Å². The molecule has 1 aliphatic carbocycles. The van der Waals surface area contributed by atoms with Gasteiger partial charge in [0.2, 0.25) is 5.91 Å². The minimum Gasteiger partial charge on any atom is -0.384 e. The molecule has 3 aromatic rings. The number of piperazine rings is 1. The Morgan fingerprint density at radius 1 is 0.973 bits per heavy atom. The Bertz CT molecular complexity index is 1230. The van der Waals surface area contributed by atoms with Crippen molar-refractivity contribution in [2.24, 2.45) is 11.8 Å². The molecule has 2 aliphatic rings. The Kier molecular flexibility index (Phi) is 7.47. The van der Waals surface area contributed by atoms with Gasteiger partial charge in [-0.2, -0.15) is 13.2 Å². The van der Waals surface area contributed by atoms with Crippen LogP contribution in [-0.4, -0.2) is 48.5 Å². The van der Waals surface area contributed by atoms with E-state index in [0.29, 0.717) is 34.1 Å². The van der Waals surface area contributed by atoms with E-state index >= 15 is 0 Å². The number of benzene rings is 2. The summed E-state index contributed by atoms with van der Waals surface area (Å²) < 4.78 is 39.6. The highest BCUT2D eigenvalue weighted by molar-refractivity contribution is 6.30. The summed E-state index contributed by atoms with van der Waals surface area (Å²) in [6.07, 6.45) is 0.751. The molecule has 0 radical (unpaired) electrons.